The minimum atomic E-state index is -0.558. The molecule has 2 aliphatic rings. The number of rotatable bonds is 10. The Kier molecular flexibility index (Phi) is 12.3. The minimum absolute atomic E-state index is 0.170. The lowest BCUT2D eigenvalue weighted by Crippen LogP contribution is -2.42. The fraction of sp³-hybridized carbons (Fsp3) is 0.647. The Balaban J connectivity index is 0.000000220. The zero-order valence-electron chi connectivity index (χ0n) is 25.9. The molecule has 2 aromatic carbocycles. The third-order valence-corrected chi connectivity index (χ3v) is 8.87. The second-order valence-electron chi connectivity index (χ2n) is 12.5. The zero-order chi connectivity index (χ0) is 29.2. The van der Waals surface area contributed by atoms with Gasteiger partial charge in [0.15, 0.2) is 0 Å². The van der Waals surface area contributed by atoms with E-state index in [1.165, 1.54) is 24.0 Å². The molecule has 2 N–H and O–H groups in total. The van der Waals surface area contributed by atoms with Crippen molar-refractivity contribution in [1.29, 1.82) is 0 Å². The third-order valence-electron chi connectivity index (χ3n) is 8.87. The summed E-state index contributed by atoms with van der Waals surface area (Å²) < 4.78 is 10.5. The van der Waals surface area contributed by atoms with Crippen LogP contribution in [-0.2, 0) is 0 Å². The fourth-order valence-corrected chi connectivity index (χ4v) is 6.60. The lowest BCUT2D eigenvalue weighted by molar-refractivity contribution is -0.0280. The van der Waals surface area contributed by atoms with Gasteiger partial charge in [-0.2, -0.15) is 0 Å². The maximum atomic E-state index is 11.1. The summed E-state index contributed by atoms with van der Waals surface area (Å²) in [5.74, 6) is 2.08. The van der Waals surface area contributed by atoms with Crippen molar-refractivity contribution in [3.05, 3.63) is 59.7 Å². The monoisotopic (exact) mass is 554 g/mol. The van der Waals surface area contributed by atoms with Gasteiger partial charge in [0.2, 0.25) is 0 Å². The van der Waals surface area contributed by atoms with Gasteiger partial charge in [0.1, 0.15) is 11.5 Å². The number of nitrogens with zero attached hydrogens (tertiary/aromatic N) is 2. The van der Waals surface area contributed by atoms with Crippen LogP contribution in [0.25, 0.3) is 0 Å². The van der Waals surface area contributed by atoms with Crippen molar-refractivity contribution < 1.29 is 19.7 Å². The van der Waals surface area contributed by atoms with Crippen molar-refractivity contribution in [1.82, 2.24) is 9.80 Å². The Bertz CT molecular complexity index is 897. The molecule has 0 saturated heterocycles. The van der Waals surface area contributed by atoms with E-state index in [-0.39, 0.29) is 11.8 Å². The van der Waals surface area contributed by atoms with Gasteiger partial charge in [-0.25, -0.2) is 0 Å². The molecule has 0 amide bonds. The van der Waals surface area contributed by atoms with Crippen LogP contribution >= 0.6 is 0 Å². The van der Waals surface area contributed by atoms with Crippen LogP contribution in [0.3, 0.4) is 0 Å². The van der Waals surface area contributed by atoms with Gasteiger partial charge in [-0.3, -0.25) is 0 Å². The molecule has 2 fully saturated rings. The molecule has 2 aromatic rings. The maximum Gasteiger partial charge on any atom is 0.118 e. The molecule has 0 radical (unpaired) electrons. The van der Waals surface area contributed by atoms with Gasteiger partial charge in [0.25, 0.3) is 0 Å². The summed E-state index contributed by atoms with van der Waals surface area (Å²) in [7, 11) is 11.7. The van der Waals surface area contributed by atoms with Gasteiger partial charge in [-0.15, -0.1) is 0 Å². The van der Waals surface area contributed by atoms with E-state index in [2.05, 4.69) is 62.3 Å². The molecule has 2 unspecified atom stereocenters. The molecule has 0 bridgehead atoms. The summed E-state index contributed by atoms with van der Waals surface area (Å²) in [6.07, 6.45) is 10.7. The Morgan fingerprint density at radius 2 is 0.875 bits per heavy atom. The summed E-state index contributed by atoms with van der Waals surface area (Å²) in [5.41, 5.74) is 1.31. The van der Waals surface area contributed by atoms with Crippen LogP contribution in [0.5, 0.6) is 11.5 Å². The molecule has 6 nitrogen and oxygen atoms in total. The first-order valence-electron chi connectivity index (χ1n) is 15.1. The van der Waals surface area contributed by atoms with Gasteiger partial charge >= 0.3 is 0 Å². The molecule has 0 aliphatic heterocycles. The highest BCUT2D eigenvalue weighted by atomic mass is 16.5. The normalized spacial score (nSPS) is 19.9. The molecule has 6 heteroatoms. The molecule has 2 aliphatic carbocycles. The van der Waals surface area contributed by atoms with E-state index in [0.29, 0.717) is 0 Å². The molecule has 0 spiro atoms. The first kappa shape index (κ1) is 32.4. The highest BCUT2D eigenvalue weighted by Gasteiger charge is 2.40. The number of hydrogen-bond acceptors (Lipinski definition) is 6. The molecular formula is C34H54N2O4. The van der Waals surface area contributed by atoms with Gasteiger partial charge in [-0.1, -0.05) is 62.8 Å². The van der Waals surface area contributed by atoms with Crippen molar-refractivity contribution in [3.63, 3.8) is 0 Å². The topological polar surface area (TPSA) is 65.4 Å². The summed E-state index contributed by atoms with van der Waals surface area (Å²) in [4.78, 5) is 4.34. The van der Waals surface area contributed by atoms with Crippen molar-refractivity contribution in [2.24, 2.45) is 0 Å². The van der Waals surface area contributed by atoms with Gasteiger partial charge in [0.05, 0.1) is 25.4 Å². The van der Waals surface area contributed by atoms with E-state index >= 15 is 0 Å². The van der Waals surface area contributed by atoms with Crippen molar-refractivity contribution in [3.8, 4) is 11.5 Å². The molecule has 40 heavy (non-hydrogen) atoms. The van der Waals surface area contributed by atoms with Crippen molar-refractivity contribution in [2.75, 3.05) is 55.5 Å². The third kappa shape index (κ3) is 8.94. The van der Waals surface area contributed by atoms with Crippen LogP contribution in [0.4, 0.5) is 0 Å². The smallest absolute Gasteiger partial charge is 0.118 e. The number of ether oxygens (including phenoxy) is 2. The molecule has 2 saturated carbocycles. The van der Waals surface area contributed by atoms with Crippen molar-refractivity contribution in [2.45, 2.75) is 87.2 Å². The van der Waals surface area contributed by atoms with E-state index in [1.807, 2.05) is 24.3 Å². The van der Waals surface area contributed by atoms with Gasteiger partial charge < -0.3 is 29.5 Å². The number of methoxy groups -OCH3 is 2. The molecule has 0 aromatic heterocycles. The average molecular weight is 555 g/mol. The second-order valence-corrected chi connectivity index (χ2v) is 12.5. The Morgan fingerprint density at radius 1 is 0.575 bits per heavy atom. The number of hydrogen-bond donors (Lipinski definition) is 2. The van der Waals surface area contributed by atoms with Crippen LogP contribution in [0.15, 0.2) is 48.5 Å². The van der Waals surface area contributed by atoms with Crippen LogP contribution in [0, 0.1) is 0 Å². The average Bonchev–Trinajstić information content (AvgIpc) is 2.96. The van der Waals surface area contributed by atoms with E-state index in [0.717, 1.165) is 76.0 Å². The number of aliphatic hydroxyl groups is 2. The Morgan fingerprint density at radius 3 is 1.12 bits per heavy atom. The number of likely N-dealkylation sites (N-methyl/N-ethyl adjacent to an activating group) is 2. The first-order valence-corrected chi connectivity index (χ1v) is 15.1. The molecule has 0 heterocycles. The van der Waals surface area contributed by atoms with Crippen LogP contribution in [0.2, 0.25) is 0 Å². The highest BCUT2D eigenvalue weighted by molar-refractivity contribution is 5.32. The predicted molar refractivity (Wildman–Crippen MR) is 165 cm³/mol. The summed E-state index contributed by atoms with van der Waals surface area (Å²) in [5, 5.41) is 22.2. The van der Waals surface area contributed by atoms with E-state index in [1.54, 1.807) is 14.2 Å². The predicted octanol–water partition coefficient (Wildman–Crippen LogP) is 6.07. The molecule has 224 valence electrons. The first-order chi connectivity index (χ1) is 19.1. The lowest BCUT2D eigenvalue weighted by Gasteiger charge is -2.40. The quantitative estimate of drug-likeness (QED) is 0.372. The molecule has 2 atom stereocenters. The minimum Gasteiger partial charge on any atom is -0.497 e. The van der Waals surface area contributed by atoms with Crippen molar-refractivity contribution >= 4 is 0 Å². The van der Waals surface area contributed by atoms with Crippen LogP contribution in [0.1, 0.15) is 87.2 Å². The Labute approximate surface area is 243 Å². The summed E-state index contributed by atoms with van der Waals surface area (Å²) in [6.45, 7) is 1.76. The maximum absolute atomic E-state index is 11.1. The van der Waals surface area contributed by atoms with E-state index < -0.39 is 11.2 Å². The number of benzene rings is 2. The summed E-state index contributed by atoms with van der Waals surface area (Å²) in [6, 6.07) is 16.3. The van der Waals surface area contributed by atoms with E-state index in [9.17, 15) is 10.2 Å². The van der Waals surface area contributed by atoms with Gasteiger partial charge in [-0.05, 0) is 89.3 Å². The SMILES string of the molecule is COc1ccc(C(CN(C)C)C2(O)CCCCC2)cc1.COc1ccc(C(CN(C)C)C2(O)CCCCC2)cc1. The Hall–Kier alpha value is -2.12. The molecular weight excluding hydrogens is 500 g/mol. The second kappa shape index (κ2) is 15.2. The fourth-order valence-electron chi connectivity index (χ4n) is 6.60. The highest BCUT2D eigenvalue weighted by Crippen LogP contribution is 2.41. The summed E-state index contributed by atoms with van der Waals surface area (Å²) >= 11 is 0. The zero-order valence-corrected chi connectivity index (χ0v) is 25.9. The lowest BCUT2D eigenvalue weighted by atomic mass is 9.72. The van der Waals surface area contributed by atoms with Crippen LogP contribution in [-0.4, -0.2) is 86.7 Å². The van der Waals surface area contributed by atoms with E-state index in [4.69, 9.17) is 9.47 Å². The molecule has 4 rings (SSSR count). The van der Waals surface area contributed by atoms with Crippen LogP contribution < -0.4 is 9.47 Å². The van der Waals surface area contributed by atoms with Gasteiger partial charge in [0, 0.05) is 24.9 Å². The standard InChI is InChI=1S/2C17H27NO2/c2*1-18(2)13-16(17(19)11-5-4-6-12-17)14-7-9-15(20-3)10-8-14/h2*7-10,16,19H,4-6,11-13H2,1-3H3. The largest absolute Gasteiger partial charge is 0.497 e.